The predicted octanol–water partition coefficient (Wildman–Crippen LogP) is 4.42. The maximum absolute atomic E-state index is 12.0. The molecular formula is C29H36O11S. The molecule has 2 heterocycles. The van der Waals surface area contributed by atoms with Crippen molar-refractivity contribution in [2.24, 2.45) is 0 Å². The number of carbonyl (C=O) groups excluding carboxylic acids is 4. The largest absolute Gasteiger partial charge is 0.497 e. The first-order chi connectivity index (χ1) is 19.6. The van der Waals surface area contributed by atoms with Gasteiger partial charge in [0.2, 0.25) is 12.4 Å². The smallest absolute Gasteiger partial charge is 0.303 e. The molecule has 12 heteroatoms. The summed E-state index contributed by atoms with van der Waals surface area (Å²) in [6.45, 7) is 8.34. The van der Waals surface area contributed by atoms with Crippen LogP contribution in [0.1, 0.15) is 52.0 Å². The van der Waals surface area contributed by atoms with Crippen LogP contribution in [0.3, 0.4) is 0 Å². The van der Waals surface area contributed by atoms with E-state index in [1.54, 1.807) is 18.6 Å². The Bertz CT molecular complexity index is 1190. The molecule has 0 bridgehead atoms. The van der Waals surface area contributed by atoms with Crippen molar-refractivity contribution < 1.29 is 52.3 Å². The fraction of sp³-hybridized carbons (Fsp3) is 0.448. The Hall–Kier alpha value is -3.90. The Morgan fingerprint density at radius 3 is 1.95 bits per heavy atom. The first-order valence-electron chi connectivity index (χ1n) is 12.9. The van der Waals surface area contributed by atoms with Crippen molar-refractivity contribution in [2.75, 3.05) is 13.7 Å². The molecule has 0 N–H and O–H groups in total. The molecule has 5 atom stereocenters. The lowest BCUT2D eigenvalue weighted by Crippen LogP contribution is -2.63. The Kier molecular flexibility index (Phi) is 13.3. The molecule has 0 aliphatic carbocycles. The van der Waals surface area contributed by atoms with Gasteiger partial charge in [-0.2, -0.15) is 0 Å². The molecule has 0 amide bonds. The Balaban J connectivity index is 0.00000287. The number of benzene rings is 1. The minimum Gasteiger partial charge on any atom is -0.497 e. The molecule has 0 saturated carbocycles. The van der Waals surface area contributed by atoms with Crippen LogP contribution in [0, 0.1) is 0 Å². The second-order valence-corrected chi connectivity index (χ2v) is 9.39. The van der Waals surface area contributed by atoms with E-state index in [2.05, 4.69) is 0 Å². The van der Waals surface area contributed by atoms with E-state index in [9.17, 15) is 19.2 Å². The highest BCUT2D eigenvalue weighted by atomic mass is 32.1. The Morgan fingerprint density at radius 2 is 1.39 bits per heavy atom. The van der Waals surface area contributed by atoms with Crippen LogP contribution in [-0.2, 0) is 42.9 Å². The molecule has 5 unspecified atom stereocenters. The van der Waals surface area contributed by atoms with Crippen LogP contribution in [0.25, 0.3) is 12.2 Å². The monoisotopic (exact) mass is 592 g/mol. The van der Waals surface area contributed by atoms with Crippen LogP contribution in [0.15, 0.2) is 35.7 Å². The molecule has 41 heavy (non-hydrogen) atoms. The highest BCUT2D eigenvalue weighted by Gasteiger charge is 2.53. The predicted molar refractivity (Wildman–Crippen MR) is 150 cm³/mol. The number of esters is 4. The fourth-order valence-corrected chi connectivity index (χ4v) is 4.54. The van der Waals surface area contributed by atoms with Crippen molar-refractivity contribution in [2.45, 2.75) is 72.2 Å². The average molecular weight is 593 g/mol. The van der Waals surface area contributed by atoms with Crippen molar-refractivity contribution in [3.63, 3.8) is 0 Å². The van der Waals surface area contributed by atoms with Crippen molar-refractivity contribution in [1.82, 2.24) is 0 Å². The van der Waals surface area contributed by atoms with Gasteiger partial charge in [-0.1, -0.05) is 32.1 Å². The van der Waals surface area contributed by atoms with Gasteiger partial charge in [-0.05, 0) is 35.2 Å². The summed E-state index contributed by atoms with van der Waals surface area (Å²) in [6.07, 6.45) is -2.58. The summed E-state index contributed by atoms with van der Waals surface area (Å²) in [4.78, 5) is 48.1. The maximum atomic E-state index is 12.0. The Labute approximate surface area is 243 Å². The summed E-state index contributed by atoms with van der Waals surface area (Å²) in [5.74, 6) is -1.62. The quantitative estimate of drug-likeness (QED) is 0.287. The number of rotatable bonds is 10. The fourth-order valence-electron chi connectivity index (χ4n) is 3.82. The standard InChI is InChI=1S/C27H30O11S.C2H6/c1-15(28)33-14-22-24(34-16(2)29)25(35-17(3)30)26(36-18(4)31)27(38-22)37-21-12-13-39-23(21)11-8-19-6-9-20(32-5)10-7-19;1-2/h6-13,22,24-27H,14H2,1-5H3;1-2H3/b11-8+;. The van der Waals surface area contributed by atoms with Gasteiger partial charge in [-0.15, -0.1) is 11.3 Å². The lowest BCUT2D eigenvalue weighted by Gasteiger charge is -2.43. The van der Waals surface area contributed by atoms with E-state index in [1.807, 2.05) is 50.3 Å². The molecule has 1 aliphatic heterocycles. The van der Waals surface area contributed by atoms with E-state index in [0.717, 1.165) is 30.0 Å². The van der Waals surface area contributed by atoms with Gasteiger partial charge in [0.1, 0.15) is 24.2 Å². The third kappa shape index (κ3) is 10.2. The summed E-state index contributed by atoms with van der Waals surface area (Å²) in [5.41, 5.74) is 0.919. The van der Waals surface area contributed by atoms with E-state index in [0.29, 0.717) is 5.75 Å². The van der Waals surface area contributed by atoms with Crippen LogP contribution < -0.4 is 9.47 Å². The SMILES string of the molecule is CC.COc1ccc(/C=C/c2sccc2OC2OC(COC(C)=O)C(OC(C)=O)C(OC(C)=O)C2OC(C)=O)cc1. The van der Waals surface area contributed by atoms with Gasteiger partial charge in [-0.3, -0.25) is 19.2 Å². The van der Waals surface area contributed by atoms with Gasteiger partial charge >= 0.3 is 23.9 Å². The molecule has 0 spiro atoms. The van der Waals surface area contributed by atoms with Crippen LogP contribution >= 0.6 is 11.3 Å². The van der Waals surface area contributed by atoms with Crippen LogP contribution in [0.5, 0.6) is 11.5 Å². The van der Waals surface area contributed by atoms with Crippen molar-refractivity contribution >= 4 is 47.4 Å². The lowest BCUT2D eigenvalue weighted by atomic mass is 9.98. The summed E-state index contributed by atoms with van der Waals surface area (Å²) < 4.78 is 38.7. The zero-order valence-corrected chi connectivity index (χ0v) is 24.9. The van der Waals surface area contributed by atoms with Crippen LogP contribution in [-0.4, -0.2) is 68.3 Å². The average Bonchev–Trinajstić information content (AvgIpc) is 3.37. The Morgan fingerprint density at radius 1 is 0.805 bits per heavy atom. The minimum absolute atomic E-state index is 0.342. The van der Waals surface area contributed by atoms with Crippen molar-refractivity contribution in [1.29, 1.82) is 0 Å². The first-order valence-corrected chi connectivity index (χ1v) is 13.8. The topological polar surface area (TPSA) is 133 Å². The lowest BCUT2D eigenvalue weighted by molar-refractivity contribution is -0.288. The molecule has 1 aromatic carbocycles. The summed E-state index contributed by atoms with van der Waals surface area (Å²) in [6, 6.07) is 9.16. The van der Waals surface area contributed by atoms with E-state index in [-0.39, 0.29) is 6.61 Å². The number of hydrogen-bond acceptors (Lipinski definition) is 12. The molecule has 224 valence electrons. The summed E-state index contributed by atoms with van der Waals surface area (Å²) in [5, 5.41) is 1.80. The van der Waals surface area contributed by atoms with Crippen LogP contribution in [0.4, 0.5) is 0 Å². The second-order valence-electron chi connectivity index (χ2n) is 8.44. The van der Waals surface area contributed by atoms with E-state index >= 15 is 0 Å². The van der Waals surface area contributed by atoms with Gasteiger partial charge in [0.25, 0.3) is 0 Å². The zero-order chi connectivity index (χ0) is 30.5. The third-order valence-corrected chi connectivity index (χ3v) is 6.25. The molecule has 3 rings (SSSR count). The molecule has 1 aromatic heterocycles. The number of thiophene rings is 1. The summed E-state index contributed by atoms with van der Waals surface area (Å²) in [7, 11) is 1.59. The highest BCUT2D eigenvalue weighted by molar-refractivity contribution is 7.11. The van der Waals surface area contributed by atoms with Gasteiger partial charge in [0.05, 0.1) is 12.0 Å². The molecule has 11 nitrogen and oxygen atoms in total. The van der Waals surface area contributed by atoms with Gasteiger partial charge < -0.3 is 33.2 Å². The summed E-state index contributed by atoms with van der Waals surface area (Å²) >= 11 is 1.39. The normalized spacial score (nSPS) is 21.6. The molecule has 2 aromatic rings. The number of methoxy groups -OCH3 is 1. The molecule has 1 aliphatic rings. The number of hydrogen-bond donors (Lipinski definition) is 0. The van der Waals surface area contributed by atoms with E-state index in [4.69, 9.17) is 33.2 Å². The van der Waals surface area contributed by atoms with Gasteiger partial charge in [-0.25, -0.2) is 0 Å². The van der Waals surface area contributed by atoms with Gasteiger partial charge in [0, 0.05) is 27.7 Å². The van der Waals surface area contributed by atoms with Crippen molar-refractivity contribution in [3.8, 4) is 11.5 Å². The number of carbonyl (C=O) groups is 4. The van der Waals surface area contributed by atoms with E-state index < -0.39 is 54.6 Å². The number of ether oxygens (including phenoxy) is 7. The molecular weight excluding hydrogens is 556 g/mol. The second kappa shape index (κ2) is 16.4. The third-order valence-electron chi connectivity index (χ3n) is 5.39. The molecule has 1 saturated heterocycles. The maximum Gasteiger partial charge on any atom is 0.303 e. The van der Waals surface area contributed by atoms with Crippen LogP contribution in [0.2, 0.25) is 0 Å². The molecule has 0 radical (unpaired) electrons. The highest BCUT2D eigenvalue weighted by Crippen LogP contribution is 2.34. The minimum atomic E-state index is -1.32. The van der Waals surface area contributed by atoms with E-state index in [1.165, 1.54) is 25.2 Å². The first kappa shape index (κ1) is 33.3. The van der Waals surface area contributed by atoms with Gasteiger partial charge in [0.15, 0.2) is 12.2 Å². The van der Waals surface area contributed by atoms with Crippen molar-refractivity contribution in [3.05, 3.63) is 46.2 Å². The zero-order valence-electron chi connectivity index (χ0n) is 24.1. The molecule has 1 fully saturated rings.